The third kappa shape index (κ3) is 11.9. The zero-order valence-electron chi connectivity index (χ0n) is 63.3. The fraction of sp³-hybridized carbons (Fsp3) is 0. The largest absolute Gasteiger partial charge is 0.354 e. The van der Waals surface area contributed by atoms with Crippen LogP contribution >= 0.6 is 11.6 Å². The van der Waals surface area contributed by atoms with Gasteiger partial charge in [-0.1, -0.05) is 328 Å². The second-order valence-electron chi connectivity index (χ2n) is 29.8. The molecule has 6 heterocycles. The lowest BCUT2D eigenvalue weighted by atomic mass is 9.93. The highest BCUT2D eigenvalue weighted by Crippen LogP contribution is 2.46. The van der Waals surface area contributed by atoms with Crippen molar-refractivity contribution in [1.29, 1.82) is 0 Å². The molecule has 0 radical (unpaired) electrons. The van der Waals surface area contributed by atoms with Gasteiger partial charge in [0.2, 0.25) is 11.2 Å². The molecule has 0 unspecified atom stereocenters. The van der Waals surface area contributed by atoms with E-state index in [2.05, 4.69) is 374 Å². The van der Waals surface area contributed by atoms with Crippen molar-refractivity contribution < 1.29 is 0 Å². The summed E-state index contributed by atoms with van der Waals surface area (Å²) in [7, 11) is 0. The van der Waals surface area contributed by atoms with Gasteiger partial charge in [0.15, 0.2) is 0 Å². The van der Waals surface area contributed by atoms with Crippen LogP contribution in [0, 0.1) is 0 Å². The van der Waals surface area contributed by atoms with Crippen LogP contribution in [0.2, 0.25) is 5.28 Å². The summed E-state index contributed by atoms with van der Waals surface area (Å²) in [5.41, 5.74) is 27.1. The van der Waals surface area contributed by atoms with E-state index in [-0.39, 0.29) is 5.28 Å². The van der Waals surface area contributed by atoms with E-state index >= 15 is 0 Å². The zero-order valence-corrected chi connectivity index (χ0v) is 64.0. The number of aromatic amines is 1. The highest BCUT2D eigenvalue weighted by atomic mass is 35.5. The van der Waals surface area contributed by atoms with E-state index in [1.54, 1.807) is 0 Å². The number of benzene rings is 18. The van der Waals surface area contributed by atoms with Crippen molar-refractivity contribution in [3.05, 3.63) is 418 Å². The molecule has 8 nitrogen and oxygen atoms in total. The smallest absolute Gasteiger partial charge is 0.235 e. The lowest BCUT2D eigenvalue weighted by Gasteiger charge is -2.13. The molecule has 18 aromatic carbocycles. The summed E-state index contributed by atoms with van der Waals surface area (Å²) in [6, 6.07) is 147. The van der Waals surface area contributed by atoms with Crippen LogP contribution in [0.15, 0.2) is 413 Å². The van der Waals surface area contributed by atoms with Crippen molar-refractivity contribution in [2.75, 3.05) is 0 Å². The normalized spacial score (nSPS) is 11.6. The summed E-state index contributed by atoms with van der Waals surface area (Å²) in [6.45, 7) is 0. The number of nitrogens with one attached hydrogen (secondary N) is 1. The minimum absolute atomic E-state index is 0.280. The SMILES string of the molecule is Clc1nc(-c2ccccc2)c2ccccc2n1.c1ccc(-c2nc(-n3c4ccccc4c4ccc(-c5ccc(-c6cc7c8ccccc8n(-c8ccccc8)c7c7ccccc67)cc5)cc43)nc3ccccc23)cc1.c1ccc(-n2c3ccccc3c3cc(-c4ccc(-c5ccc6c(c5)[nH]c5ccccc56)cc4)c4ccccc4c32)cc1. The first-order valence-electron chi connectivity index (χ1n) is 39.5. The van der Waals surface area contributed by atoms with Crippen LogP contribution in [0.25, 0.3) is 215 Å². The number of hydrogen-bond donors (Lipinski definition) is 1. The topological polar surface area (TPSA) is 82.1 Å². The number of hydrogen-bond acceptors (Lipinski definition) is 4. The van der Waals surface area contributed by atoms with Gasteiger partial charge in [0.1, 0.15) is 0 Å². The van der Waals surface area contributed by atoms with E-state index in [1.807, 2.05) is 66.7 Å². The molecule has 24 rings (SSSR count). The van der Waals surface area contributed by atoms with Crippen LogP contribution in [0.1, 0.15) is 0 Å². The van der Waals surface area contributed by atoms with Crippen LogP contribution in [0.3, 0.4) is 0 Å². The van der Waals surface area contributed by atoms with E-state index < -0.39 is 0 Å². The van der Waals surface area contributed by atoms with Crippen molar-refractivity contribution >= 4 is 142 Å². The summed E-state index contributed by atoms with van der Waals surface area (Å²) in [5.74, 6) is 0.659. The molecule has 0 aliphatic heterocycles. The van der Waals surface area contributed by atoms with Gasteiger partial charge in [-0.2, -0.15) is 0 Å². The molecule has 24 aromatic rings. The second-order valence-corrected chi connectivity index (χ2v) is 30.1. The molecule has 0 fully saturated rings. The van der Waals surface area contributed by atoms with E-state index in [0.717, 1.165) is 72.2 Å². The van der Waals surface area contributed by atoms with Crippen molar-refractivity contribution in [3.63, 3.8) is 0 Å². The van der Waals surface area contributed by atoms with Gasteiger partial charge in [0.05, 0.1) is 55.5 Å². The van der Waals surface area contributed by atoms with Gasteiger partial charge in [0, 0.05) is 98.2 Å². The Kier molecular flexibility index (Phi) is 16.8. The predicted octanol–water partition coefficient (Wildman–Crippen LogP) is 28.8. The zero-order chi connectivity index (χ0) is 77.4. The number of rotatable bonds is 9. The maximum Gasteiger partial charge on any atom is 0.235 e. The third-order valence-corrected chi connectivity index (χ3v) is 23.2. The number of aromatic nitrogens is 8. The molecular weight excluding hydrogens is 1440 g/mol. The minimum Gasteiger partial charge on any atom is -0.354 e. The molecule has 0 aliphatic carbocycles. The van der Waals surface area contributed by atoms with Crippen LogP contribution in [-0.4, -0.2) is 38.6 Å². The van der Waals surface area contributed by atoms with Crippen LogP contribution in [-0.2, 0) is 0 Å². The number of halogens is 1. The average Bonchev–Trinajstić information content (AvgIpc) is 1.65. The Hall–Kier alpha value is -15.4. The molecule has 548 valence electrons. The maximum atomic E-state index is 5.95. The summed E-state index contributed by atoms with van der Waals surface area (Å²) < 4.78 is 7.06. The number of para-hydroxylation sites is 8. The maximum absolute atomic E-state index is 5.95. The van der Waals surface area contributed by atoms with Gasteiger partial charge < -0.3 is 14.1 Å². The Balaban J connectivity index is 0.000000122. The van der Waals surface area contributed by atoms with E-state index in [1.165, 1.54) is 137 Å². The van der Waals surface area contributed by atoms with E-state index in [4.69, 9.17) is 21.6 Å². The first-order valence-corrected chi connectivity index (χ1v) is 39.9. The van der Waals surface area contributed by atoms with Crippen molar-refractivity contribution in [2.24, 2.45) is 0 Å². The number of H-pyrrole nitrogens is 1. The molecule has 117 heavy (non-hydrogen) atoms. The summed E-state index contributed by atoms with van der Waals surface area (Å²) in [6.07, 6.45) is 0. The minimum atomic E-state index is 0.280. The third-order valence-electron chi connectivity index (χ3n) is 23.1. The molecule has 0 saturated carbocycles. The van der Waals surface area contributed by atoms with Gasteiger partial charge >= 0.3 is 0 Å². The molecule has 6 aromatic heterocycles. The first-order chi connectivity index (χ1) is 58.0. The highest BCUT2D eigenvalue weighted by molar-refractivity contribution is 6.29. The Morgan fingerprint density at radius 3 is 1.07 bits per heavy atom. The molecule has 9 heteroatoms. The fourth-order valence-electron chi connectivity index (χ4n) is 17.7. The molecule has 0 saturated heterocycles. The Bertz CT molecular complexity index is 7990. The first kappa shape index (κ1) is 68.5. The molecule has 0 bridgehead atoms. The standard InChI is InChI=1S/C54H34N4.C40H26N2.C14H9ClN2/c1-3-15-37(16-4-1)52-45-23-9-12-24-48(45)55-54(56-52)58-50-26-14-10-20-41(50)43-32-31-38(33-51(43)58)35-27-29-36(30-28-35)46-34-47-42-21-11-13-25-49(42)57(39-17-5-2-6-18-39)53(47)44-22-8-7-19-40(44)46;1-2-10-29(11-3-1)42-39-17-9-7-14-33(39)36-25-35(30-12-4-5-15-34(30)40(36)42)27-20-18-26(19-21-27)28-22-23-32-31-13-6-8-16-37(31)41-38(32)24-28;15-14-16-12-9-5-4-8-11(12)13(17-14)10-6-2-1-3-7-10/h1-34H;1-25,41H;1-9H. The highest BCUT2D eigenvalue weighted by Gasteiger charge is 2.23. The summed E-state index contributed by atoms with van der Waals surface area (Å²) in [4.78, 5) is 22.6. The Labute approximate surface area is 678 Å². The van der Waals surface area contributed by atoms with Gasteiger partial charge in [-0.05, 0) is 152 Å². The molecular formula is C108H69ClN8. The van der Waals surface area contributed by atoms with E-state index in [9.17, 15) is 0 Å². The average molecular weight is 1510 g/mol. The summed E-state index contributed by atoms with van der Waals surface area (Å²) in [5, 5.41) is 17.3. The van der Waals surface area contributed by atoms with Gasteiger partial charge in [-0.15, -0.1) is 0 Å². The van der Waals surface area contributed by atoms with Crippen molar-refractivity contribution in [3.8, 4) is 84.3 Å². The monoisotopic (exact) mass is 1510 g/mol. The molecule has 0 aliphatic rings. The quantitative estimate of drug-likeness (QED) is 0.146. The van der Waals surface area contributed by atoms with Gasteiger partial charge in [-0.3, -0.25) is 4.57 Å². The number of fused-ring (bicyclic) bond motifs is 18. The fourth-order valence-corrected chi connectivity index (χ4v) is 17.9. The van der Waals surface area contributed by atoms with Crippen LogP contribution in [0.5, 0.6) is 0 Å². The van der Waals surface area contributed by atoms with Gasteiger partial charge in [-0.25, -0.2) is 19.9 Å². The van der Waals surface area contributed by atoms with Gasteiger partial charge in [0.25, 0.3) is 0 Å². The molecule has 0 amide bonds. The van der Waals surface area contributed by atoms with E-state index in [0.29, 0.717) is 5.95 Å². The molecule has 0 atom stereocenters. The Morgan fingerprint density at radius 2 is 0.556 bits per heavy atom. The lowest BCUT2D eigenvalue weighted by molar-refractivity contribution is 1.01. The second kappa shape index (κ2) is 28.7. The Morgan fingerprint density at radius 1 is 0.205 bits per heavy atom. The van der Waals surface area contributed by atoms with Crippen molar-refractivity contribution in [1.82, 2.24) is 38.6 Å². The van der Waals surface area contributed by atoms with Crippen LogP contribution in [0.4, 0.5) is 0 Å². The number of nitrogens with zero attached hydrogens (tertiary/aromatic N) is 7. The predicted molar refractivity (Wildman–Crippen MR) is 491 cm³/mol. The van der Waals surface area contributed by atoms with Crippen LogP contribution < -0.4 is 0 Å². The molecule has 1 N–H and O–H groups in total. The summed E-state index contributed by atoms with van der Waals surface area (Å²) >= 11 is 5.95. The lowest BCUT2D eigenvalue weighted by Crippen LogP contribution is -2.03. The molecule has 0 spiro atoms. The van der Waals surface area contributed by atoms with Crippen molar-refractivity contribution in [2.45, 2.75) is 0 Å².